The summed E-state index contributed by atoms with van der Waals surface area (Å²) in [6.45, 7) is 5.71. The van der Waals surface area contributed by atoms with Crippen molar-refractivity contribution in [2.45, 2.75) is 43.7 Å². The van der Waals surface area contributed by atoms with Gasteiger partial charge in [0.25, 0.3) is 0 Å². The maximum atomic E-state index is 12.4. The Labute approximate surface area is 137 Å². The lowest BCUT2D eigenvalue weighted by molar-refractivity contribution is -0.220. The van der Waals surface area contributed by atoms with E-state index in [1.165, 1.54) is 7.11 Å². The van der Waals surface area contributed by atoms with Crippen LogP contribution in [0.2, 0.25) is 0 Å². The molecule has 0 N–H and O–H groups in total. The van der Waals surface area contributed by atoms with Gasteiger partial charge in [0.15, 0.2) is 15.9 Å². The van der Waals surface area contributed by atoms with E-state index in [0.29, 0.717) is 0 Å². The SMILES string of the molecule is COC(=O)[C@H]1ON(C(C)(C)C)C(c2ccccc2)[C@@H]1S(C)(=O)=O. The zero-order chi connectivity index (χ0) is 17.4. The Bertz CT molecular complexity index is 665. The van der Waals surface area contributed by atoms with Crippen molar-refractivity contribution >= 4 is 15.8 Å². The van der Waals surface area contributed by atoms with Gasteiger partial charge in [-0.3, -0.25) is 4.84 Å². The van der Waals surface area contributed by atoms with Crippen LogP contribution in [0.5, 0.6) is 0 Å². The van der Waals surface area contributed by atoms with Gasteiger partial charge < -0.3 is 4.74 Å². The highest BCUT2D eigenvalue weighted by Gasteiger charge is 2.55. The molecule has 7 heteroatoms. The van der Waals surface area contributed by atoms with Crippen LogP contribution in [-0.2, 0) is 24.2 Å². The fourth-order valence-corrected chi connectivity index (χ4v) is 4.20. The van der Waals surface area contributed by atoms with E-state index in [1.54, 1.807) is 5.06 Å². The molecule has 1 aromatic rings. The Kier molecular flexibility index (Phi) is 4.84. The second-order valence-corrected chi connectivity index (χ2v) is 8.90. The highest BCUT2D eigenvalue weighted by molar-refractivity contribution is 7.91. The molecule has 1 aliphatic rings. The number of ether oxygens (including phenoxy) is 1. The van der Waals surface area contributed by atoms with Gasteiger partial charge in [0.05, 0.1) is 13.2 Å². The molecule has 0 bridgehead atoms. The van der Waals surface area contributed by atoms with Gasteiger partial charge in [0.1, 0.15) is 5.25 Å². The summed E-state index contributed by atoms with van der Waals surface area (Å²) in [6, 6.07) is 8.61. The number of rotatable bonds is 3. The van der Waals surface area contributed by atoms with E-state index in [4.69, 9.17) is 9.57 Å². The third-order valence-electron chi connectivity index (χ3n) is 3.82. The Balaban J connectivity index is 2.61. The summed E-state index contributed by atoms with van der Waals surface area (Å²) in [6.07, 6.45) is -0.0570. The molecule has 23 heavy (non-hydrogen) atoms. The van der Waals surface area contributed by atoms with Crippen molar-refractivity contribution in [3.8, 4) is 0 Å². The van der Waals surface area contributed by atoms with E-state index in [-0.39, 0.29) is 0 Å². The van der Waals surface area contributed by atoms with Crippen molar-refractivity contribution in [1.82, 2.24) is 5.06 Å². The number of benzene rings is 1. The average Bonchev–Trinajstić information content (AvgIpc) is 2.88. The minimum atomic E-state index is -3.56. The van der Waals surface area contributed by atoms with Crippen LogP contribution in [-0.4, -0.2) is 49.7 Å². The molecule has 1 aliphatic heterocycles. The van der Waals surface area contributed by atoms with Gasteiger partial charge in [-0.15, -0.1) is 0 Å². The van der Waals surface area contributed by atoms with Crippen LogP contribution in [0.3, 0.4) is 0 Å². The normalized spacial score (nSPS) is 26.2. The van der Waals surface area contributed by atoms with Crippen molar-refractivity contribution in [3.63, 3.8) is 0 Å². The molecule has 1 unspecified atom stereocenters. The zero-order valence-electron chi connectivity index (χ0n) is 14.0. The van der Waals surface area contributed by atoms with Crippen LogP contribution in [0, 0.1) is 0 Å². The number of methoxy groups -OCH3 is 1. The molecule has 1 aromatic carbocycles. The maximum absolute atomic E-state index is 12.4. The number of hydrogen-bond acceptors (Lipinski definition) is 6. The summed E-state index contributed by atoms with van der Waals surface area (Å²) in [7, 11) is -2.34. The van der Waals surface area contributed by atoms with Gasteiger partial charge in [-0.1, -0.05) is 30.3 Å². The molecule has 0 aromatic heterocycles. The van der Waals surface area contributed by atoms with Crippen LogP contribution in [0.15, 0.2) is 30.3 Å². The van der Waals surface area contributed by atoms with Crippen LogP contribution < -0.4 is 0 Å². The number of sulfone groups is 1. The number of carbonyl (C=O) groups is 1. The van der Waals surface area contributed by atoms with Crippen LogP contribution >= 0.6 is 0 Å². The smallest absolute Gasteiger partial charge is 0.338 e. The molecular weight excluding hydrogens is 318 g/mol. The minimum Gasteiger partial charge on any atom is -0.467 e. The molecule has 1 fully saturated rings. The lowest BCUT2D eigenvalue weighted by atomic mass is 9.97. The van der Waals surface area contributed by atoms with E-state index in [9.17, 15) is 13.2 Å². The molecule has 0 spiro atoms. The standard InChI is InChI=1S/C16H23NO5S/c1-16(2,3)17-12(11-9-7-6-8-10-11)14(23(5,19)20)13(22-17)15(18)21-4/h6-10,12-14H,1-5H3/t12?,13-,14-/m0/s1. The first-order valence-corrected chi connectivity index (χ1v) is 9.30. The summed E-state index contributed by atoms with van der Waals surface area (Å²) in [4.78, 5) is 17.8. The van der Waals surface area contributed by atoms with Crippen molar-refractivity contribution in [3.05, 3.63) is 35.9 Å². The molecule has 0 saturated carbocycles. The number of hydrogen-bond donors (Lipinski definition) is 0. The van der Waals surface area contributed by atoms with Crippen molar-refractivity contribution in [1.29, 1.82) is 0 Å². The highest BCUT2D eigenvalue weighted by Crippen LogP contribution is 2.42. The zero-order valence-corrected chi connectivity index (χ0v) is 14.8. The molecule has 128 valence electrons. The van der Waals surface area contributed by atoms with E-state index >= 15 is 0 Å². The Morgan fingerprint density at radius 3 is 2.22 bits per heavy atom. The molecule has 0 radical (unpaired) electrons. The van der Waals surface area contributed by atoms with Gasteiger partial charge in [-0.05, 0) is 26.3 Å². The molecule has 3 atom stereocenters. The predicted octanol–water partition coefficient (Wildman–Crippen LogP) is 1.73. The van der Waals surface area contributed by atoms with Crippen LogP contribution in [0.4, 0.5) is 0 Å². The number of esters is 1. The second kappa shape index (κ2) is 6.22. The highest BCUT2D eigenvalue weighted by atomic mass is 32.2. The van der Waals surface area contributed by atoms with Gasteiger partial charge in [0, 0.05) is 11.8 Å². The quantitative estimate of drug-likeness (QED) is 0.780. The van der Waals surface area contributed by atoms with Gasteiger partial charge in [0.2, 0.25) is 0 Å². The summed E-state index contributed by atoms with van der Waals surface area (Å²) < 4.78 is 29.6. The Morgan fingerprint density at radius 1 is 1.22 bits per heavy atom. The van der Waals surface area contributed by atoms with E-state index < -0.39 is 38.7 Å². The monoisotopic (exact) mass is 341 g/mol. The van der Waals surface area contributed by atoms with Crippen molar-refractivity contribution in [2.24, 2.45) is 0 Å². The van der Waals surface area contributed by atoms with Crippen molar-refractivity contribution in [2.75, 3.05) is 13.4 Å². The number of hydroxylamine groups is 2. The molecule has 6 nitrogen and oxygen atoms in total. The predicted molar refractivity (Wildman–Crippen MR) is 86.3 cm³/mol. The van der Waals surface area contributed by atoms with E-state index in [2.05, 4.69) is 0 Å². The van der Waals surface area contributed by atoms with Gasteiger partial charge in [-0.25, -0.2) is 13.2 Å². The fraction of sp³-hybridized carbons (Fsp3) is 0.562. The lowest BCUT2D eigenvalue weighted by Crippen LogP contribution is -2.42. The maximum Gasteiger partial charge on any atom is 0.338 e. The van der Waals surface area contributed by atoms with Gasteiger partial charge >= 0.3 is 5.97 Å². The summed E-state index contributed by atoms with van der Waals surface area (Å²) >= 11 is 0. The molecule has 0 amide bonds. The third kappa shape index (κ3) is 3.57. The summed E-state index contributed by atoms with van der Waals surface area (Å²) in [5, 5.41) is 0.562. The molecule has 1 heterocycles. The third-order valence-corrected chi connectivity index (χ3v) is 5.31. The van der Waals surface area contributed by atoms with Crippen molar-refractivity contribution < 1.29 is 22.8 Å². The molecular formula is C16H23NO5S. The Morgan fingerprint density at radius 2 is 1.78 bits per heavy atom. The van der Waals surface area contributed by atoms with Crippen LogP contribution in [0.1, 0.15) is 32.4 Å². The largest absolute Gasteiger partial charge is 0.467 e. The average molecular weight is 341 g/mol. The fourth-order valence-electron chi connectivity index (χ4n) is 2.85. The second-order valence-electron chi connectivity index (χ2n) is 6.70. The summed E-state index contributed by atoms with van der Waals surface area (Å²) in [5.41, 5.74) is 0.288. The molecule has 0 aliphatic carbocycles. The van der Waals surface area contributed by atoms with E-state index in [0.717, 1.165) is 11.8 Å². The number of carbonyl (C=O) groups excluding carboxylic acids is 1. The van der Waals surface area contributed by atoms with Gasteiger partial charge in [-0.2, -0.15) is 5.06 Å². The lowest BCUT2D eigenvalue weighted by Gasteiger charge is -2.35. The molecule has 1 saturated heterocycles. The van der Waals surface area contributed by atoms with E-state index in [1.807, 2.05) is 51.1 Å². The molecule has 2 rings (SSSR count). The van der Waals surface area contributed by atoms with Crippen LogP contribution in [0.25, 0.3) is 0 Å². The first kappa shape index (κ1) is 17.9. The topological polar surface area (TPSA) is 72.9 Å². The first-order chi connectivity index (χ1) is 10.6. The number of nitrogens with zero attached hydrogens (tertiary/aromatic N) is 1. The minimum absolute atomic E-state index is 0.494. The summed E-state index contributed by atoms with van der Waals surface area (Å²) in [5.74, 6) is -0.687. The first-order valence-electron chi connectivity index (χ1n) is 7.35. The Hall–Kier alpha value is -1.44.